The lowest BCUT2D eigenvalue weighted by Crippen LogP contribution is -2.35. The topological polar surface area (TPSA) is 72.1 Å². The molecule has 1 heterocycles. The third-order valence-electron chi connectivity index (χ3n) is 4.62. The van der Waals surface area contributed by atoms with Gasteiger partial charge in [0, 0.05) is 24.2 Å². The number of carbonyl (C=O) groups is 1. The maximum absolute atomic E-state index is 14.1. The van der Waals surface area contributed by atoms with E-state index in [1.807, 2.05) is 17.9 Å². The molecule has 3 rings (SSSR count). The molecule has 1 atom stereocenters. The number of aldehydes is 1. The summed E-state index contributed by atoms with van der Waals surface area (Å²) in [5, 5.41) is 10.6. The van der Waals surface area contributed by atoms with Gasteiger partial charge in [0.05, 0.1) is 19.4 Å². The Balaban J connectivity index is 1.65. The average Bonchev–Trinajstić information content (AvgIpc) is 3.27. The van der Waals surface area contributed by atoms with Gasteiger partial charge in [-0.3, -0.25) is 9.69 Å². The molecule has 164 valence electrons. The van der Waals surface area contributed by atoms with Crippen molar-refractivity contribution in [2.75, 3.05) is 19.8 Å². The molecule has 1 unspecified atom stereocenters. The molecule has 6 nitrogen and oxygen atoms in total. The number of hydrogen-bond acceptors (Lipinski definition) is 6. The molecule has 0 saturated carbocycles. The summed E-state index contributed by atoms with van der Waals surface area (Å²) in [6, 6.07) is 15.0. The zero-order valence-electron chi connectivity index (χ0n) is 17.4. The Morgan fingerprint density at radius 1 is 1.10 bits per heavy atom. The first-order chi connectivity index (χ1) is 15.1. The molecule has 0 amide bonds. The van der Waals surface area contributed by atoms with Crippen LogP contribution >= 0.6 is 0 Å². The molecule has 0 radical (unpaired) electrons. The van der Waals surface area contributed by atoms with Crippen LogP contribution in [0.2, 0.25) is 0 Å². The zero-order valence-corrected chi connectivity index (χ0v) is 17.4. The second-order valence-corrected chi connectivity index (χ2v) is 7.06. The van der Waals surface area contributed by atoms with Crippen LogP contribution in [0, 0.1) is 5.82 Å². The third kappa shape index (κ3) is 6.67. The van der Waals surface area contributed by atoms with Crippen LogP contribution < -0.4 is 9.47 Å². The van der Waals surface area contributed by atoms with Gasteiger partial charge in [-0.2, -0.15) is 0 Å². The molecule has 0 aliphatic rings. The van der Waals surface area contributed by atoms with Crippen LogP contribution in [0.15, 0.2) is 65.3 Å². The predicted octanol–water partition coefficient (Wildman–Crippen LogP) is 4.07. The molecule has 0 fully saturated rings. The number of hydrogen-bond donors (Lipinski definition) is 1. The lowest BCUT2D eigenvalue weighted by atomic mass is 10.2. The molecule has 1 N–H and O–H groups in total. The lowest BCUT2D eigenvalue weighted by Gasteiger charge is -2.25. The first-order valence-electron chi connectivity index (χ1n) is 10.1. The molecule has 0 aliphatic carbocycles. The van der Waals surface area contributed by atoms with E-state index in [0.717, 1.165) is 6.29 Å². The van der Waals surface area contributed by atoms with E-state index in [0.29, 0.717) is 48.1 Å². The predicted molar refractivity (Wildman–Crippen MR) is 114 cm³/mol. The van der Waals surface area contributed by atoms with Crippen LogP contribution in [-0.2, 0) is 13.1 Å². The second-order valence-electron chi connectivity index (χ2n) is 7.06. The van der Waals surface area contributed by atoms with Crippen molar-refractivity contribution in [2.24, 2.45) is 0 Å². The zero-order chi connectivity index (χ0) is 22.1. The second kappa shape index (κ2) is 11.3. The van der Waals surface area contributed by atoms with Gasteiger partial charge in [0.15, 0.2) is 11.5 Å². The minimum absolute atomic E-state index is 0.00639. The maximum atomic E-state index is 14.1. The van der Waals surface area contributed by atoms with Gasteiger partial charge in [-0.15, -0.1) is 0 Å². The SMILES string of the molecule is CCOc1cc(C=O)ccc1OCC(O)CN(Cc1ccco1)Cc1ccccc1F. The smallest absolute Gasteiger partial charge is 0.161 e. The highest BCUT2D eigenvalue weighted by Crippen LogP contribution is 2.28. The van der Waals surface area contributed by atoms with Crippen molar-refractivity contribution in [3.8, 4) is 11.5 Å². The van der Waals surface area contributed by atoms with Gasteiger partial charge < -0.3 is 19.0 Å². The quantitative estimate of drug-likeness (QED) is 0.439. The van der Waals surface area contributed by atoms with E-state index >= 15 is 0 Å². The third-order valence-corrected chi connectivity index (χ3v) is 4.62. The number of aliphatic hydroxyl groups excluding tert-OH is 1. The minimum atomic E-state index is -0.845. The van der Waals surface area contributed by atoms with E-state index in [9.17, 15) is 14.3 Å². The van der Waals surface area contributed by atoms with Crippen LogP contribution in [0.25, 0.3) is 0 Å². The van der Waals surface area contributed by atoms with Crippen molar-refractivity contribution in [1.82, 2.24) is 4.90 Å². The highest BCUT2D eigenvalue weighted by molar-refractivity contribution is 5.76. The summed E-state index contributed by atoms with van der Waals surface area (Å²) in [5.74, 6) is 1.30. The number of rotatable bonds is 12. The Hall–Kier alpha value is -3.16. The monoisotopic (exact) mass is 427 g/mol. The van der Waals surface area contributed by atoms with E-state index in [-0.39, 0.29) is 19.0 Å². The van der Waals surface area contributed by atoms with Crippen LogP contribution in [0.3, 0.4) is 0 Å². The van der Waals surface area contributed by atoms with Crippen molar-refractivity contribution < 1.29 is 28.2 Å². The normalized spacial score (nSPS) is 12.0. The summed E-state index contributed by atoms with van der Waals surface area (Å²) in [6.07, 6.45) is 1.46. The molecular formula is C24H26FNO5. The standard InChI is InChI=1S/C24H26FNO5/c1-2-29-24-12-18(16-27)9-10-23(24)31-17-20(28)14-26(15-21-7-5-11-30-21)13-19-6-3-4-8-22(19)25/h3-12,16,20,28H,2,13-15,17H2,1H3. The molecule has 2 aromatic carbocycles. The van der Waals surface area contributed by atoms with Gasteiger partial charge in [0.1, 0.15) is 30.6 Å². The van der Waals surface area contributed by atoms with Crippen molar-refractivity contribution in [1.29, 1.82) is 0 Å². The average molecular weight is 427 g/mol. The van der Waals surface area contributed by atoms with Gasteiger partial charge in [-0.1, -0.05) is 18.2 Å². The van der Waals surface area contributed by atoms with E-state index in [1.54, 1.807) is 48.7 Å². The van der Waals surface area contributed by atoms with Crippen LogP contribution in [-0.4, -0.2) is 42.2 Å². The molecule has 0 aliphatic heterocycles. The number of ether oxygens (including phenoxy) is 2. The van der Waals surface area contributed by atoms with Crippen LogP contribution in [0.1, 0.15) is 28.6 Å². The molecule has 3 aromatic rings. The summed E-state index contributed by atoms with van der Waals surface area (Å²) in [7, 11) is 0. The first kappa shape index (κ1) is 22.5. The van der Waals surface area contributed by atoms with E-state index in [2.05, 4.69) is 0 Å². The molecule has 0 spiro atoms. The van der Waals surface area contributed by atoms with E-state index in [4.69, 9.17) is 13.9 Å². The Labute approximate surface area is 180 Å². The summed E-state index contributed by atoms with van der Waals surface area (Å²) < 4.78 is 30.8. The fraction of sp³-hybridized carbons (Fsp3) is 0.292. The highest BCUT2D eigenvalue weighted by atomic mass is 19.1. The van der Waals surface area contributed by atoms with Crippen molar-refractivity contribution in [3.63, 3.8) is 0 Å². The number of aliphatic hydroxyl groups is 1. The van der Waals surface area contributed by atoms with Gasteiger partial charge in [-0.25, -0.2) is 4.39 Å². The number of benzene rings is 2. The fourth-order valence-corrected chi connectivity index (χ4v) is 3.20. The van der Waals surface area contributed by atoms with Crippen molar-refractivity contribution in [2.45, 2.75) is 26.1 Å². The Morgan fingerprint density at radius 2 is 1.94 bits per heavy atom. The van der Waals surface area contributed by atoms with Crippen LogP contribution in [0.5, 0.6) is 11.5 Å². The van der Waals surface area contributed by atoms with Crippen LogP contribution in [0.4, 0.5) is 4.39 Å². The van der Waals surface area contributed by atoms with Crippen molar-refractivity contribution in [3.05, 3.63) is 83.6 Å². The number of carbonyl (C=O) groups excluding carboxylic acids is 1. The van der Waals surface area contributed by atoms with Gasteiger partial charge in [0.25, 0.3) is 0 Å². The van der Waals surface area contributed by atoms with Crippen molar-refractivity contribution >= 4 is 6.29 Å². The molecule has 31 heavy (non-hydrogen) atoms. The Bertz CT molecular complexity index is 960. The molecule has 7 heteroatoms. The molecule has 1 aromatic heterocycles. The molecule has 0 saturated heterocycles. The van der Waals surface area contributed by atoms with E-state index in [1.165, 1.54) is 6.07 Å². The number of halogens is 1. The number of furan rings is 1. The van der Waals surface area contributed by atoms with Gasteiger partial charge >= 0.3 is 0 Å². The first-order valence-corrected chi connectivity index (χ1v) is 10.1. The van der Waals surface area contributed by atoms with Gasteiger partial charge in [-0.05, 0) is 43.3 Å². The molecule has 0 bridgehead atoms. The minimum Gasteiger partial charge on any atom is -0.490 e. The van der Waals surface area contributed by atoms with E-state index < -0.39 is 6.10 Å². The summed E-state index contributed by atoms with van der Waals surface area (Å²) in [4.78, 5) is 12.9. The summed E-state index contributed by atoms with van der Waals surface area (Å²) >= 11 is 0. The molecular weight excluding hydrogens is 401 g/mol. The largest absolute Gasteiger partial charge is 0.490 e. The maximum Gasteiger partial charge on any atom is 0.161 e. The summed E-state index contributed by atoms with van der Waals surface area (Å²) in [6.45, 7) is 3.22. The summed E-state index contributed by atoms with van der Waals surface area (Å²) in [5.41, 5.74) is 1.01. The fourth-order valence-electron chi connectivity index (χ4n) is 3.20. The highest BCUT2D eigenvalue weighted by Gasteiger charge is 2.17. The Morgan fingerprint density at radius 3 is 2.65 bits per heavy atom. The Kier molecular flexibility index (Phi) is 8.20. The number of nitrogens with zero attached hydrogens (tertiary/aromatic N) is 1. The van der Waals surface area contributed by atoms with Gasteiger partial charge in [0.2, 0.25) is 0 Å². The lowest BCUT2D eigenvalue weighted by molar-refractivity contribution is 0.0590.